The summed E-state index contributed by atoms with van der Waals surface area (Å²) in [4.78, 5) is 25.3. The summed E-state index contributed by atoms with van der Waals surface area (Å²) >= 11 is 3.58. The molecular weight excluding hydrogens is 661 g/mol. The van der Waals surface area contributed by atoms with Gasteiger partial charge < -0.3 is 20.3 Å². The second kappa shape index (κ2) is 13.2. The summed E-state index contributed by atoms with van der Waals surface area (Å²) in [5.74, 6) is 0.664. The van der Waals surface area contributed by atoms with Gasteiger partial charge in [0.25, 0.3) is 5.91 Å². The zero-order valence-corrected chi connectivity index (χ0v) is 27.1. The molecule has 1 aliphatic rings. The molecule has 2 bridgehead atoms. The molecule has 0 saturated heterocycles. The summed E-state index contributed by atoms with van der Waals surface area (Å²) in [6, 6.07) is 31.7. The van der Waals surface area contributed by atoms with Gasteiger partial charge in [-0.3, -0.25) is 4.79 Å². The van der Waals surface area contributed by atoms with Gasteiger partial charge in [0.2, 0.25) is 5.88 Å². The average molecular weight is 693 g/mol. The predicted octanol–water partition coefficient (Wildman–Crippen LogP) is 7.02. The van der Waals surface area contributed by atoms with Gasteiger partial charge in [0.1, 0.15) is 33.7 Å². The first-order chi connectivity index (χ1) is 22.9. The average Bonchev–Trinajstić information content (AvgIpc) is 3.42. The van der Waals surface area contributed by atoms with Crippen LogP contribution in [-0.4, -0.2) is 38.1 Å². The Bertz CT molecular complexity index is 2000. The first kappa shape index (κ1) is 30.4. The van der Waals surface area contributed by atoms with Gasteiger partial charge in [-0.05, 0) is 45.6 Å². The number of hydrogen-bond donors (Lipinski definition) is 2. The van der Waals surface area contributed by atoms with Crippen LogP contribution >= 0.6 is 15.9 Å². The maximum Gasteiger partial charge on any atom is 0.258 e. The lowest BCUT2D eigenvalue weighted by Crippen LogP contribution is -2.34. The van der Waals surface area contributed by atoms with E-state index in [2.05, 4.69) is 60.7 Å². The molecular formula is C36H31BrFN7O2. The number of amides is 1. The predicted molar refractivity (Wildman–Crippen MR) is 183 cm³/mol. The Balaban J connectivity index is 1.51. The molecule has 1 aliphatic heterocycles. The van der Waals surface area contributed by atoms with Crippen molar-refractivity contribution in [2.75, 3.05) is 16.8 Å². The lowest BCUT2D eigenvalue weighted by Gasteiger charge is -2.29. The van der Waals surface area contributed by atoms with Gasteiger partial charge in [0.15, 0.2) is 5.65 Å². The van der Waals surface area contributed by atoms with Crippen LogP contribution < -0.4 is 20.3 Å². The maximum absolute atomic E-state index is 14.5. The van der Waals surface area contributed by atoms with Crippen molar-refractivity contribution < 1.29 is 13.9 Å². The highest BCUT2D eigenvalue weighted by Gasteiger charge is 2.29. The number of pyridine rings is 1. The van der Waals surface area contributed by atoms with Gasteiger partial charge in [0.05, 0.1) is 18.3 Å². The van der Waals surface area contributed by atoms with E-state index in [1.807, 2.05) is 73.7 Å². The molecule has 1 unspecified atom stereocenters. The summed E-state index contributed by atoms with van der Waals surface area (Å²) in [6.45, 7) is 3.25. The fourth-order valence-corrected chi connectivity index (χ4v) is 6.26. The third-order valence-electron chi connectivity index (χ3n) is 7.92. The Hall–Kier alpha value is -5.29. The van der Waals surface area contributed by atoms with Crippen LogP contribution in [0.1, 0.15) is 34.0 Å². The van der Waals surface area contributed by atoms with Crippen LogP contribution in [0, 0.1) is 5.82 Å². The van der Waals surface area contributed by atoms with Crippen LogP contribution in [0.3, 0.4) is 0 Å². The zero-order valence-electron chi connectivity index (χ0n) is 25.5. The third kappa shape index (κ3) is 6.39. The first-order valence-electron chi connectivity index (χ1n) is 15.3. The monoisotopic (exact) mass is 691 g/mol. The Labute approximate surface area is 279 Å². The number of halogens is 2. The van der Waals surface area contributed by atoms with Crippen LogP contribution in [0.2, 0.25) is 0 Å². The SMILES string of the molecule is CC1CNC(=O)c2c(Br)nn3c(N(Cc4ccccc4)Cc4ccccc4)c(-c4ccccc4)c(nc23)NCc2cc(F)cnc2O1. The highest BCUT2D eigenvalue weighted by Crippen LogP contribution is 2.40. The molecule has 7 rings (SSSR count). The molecule has 47 heavy (non-hydrogen) atoms. The number of carbonyl (C=O) groups is 1. The summed E-state index contributed by atoms with van der Waals surface area (Å²) in [7, 11) is 0. The van der Waals surface area contributed by atoms with Crippen molar-refractivity contribution in [3.8, 4) is 17.0 Å². The number of carbonyl (C=O) groups excluding carboxylic acids is 1. The number of anilines is 2. The number of ether oxygens (including phenoxy) is 1. The molecule has 0 saturated carbocycles. The lowest BCUT2D eigenvalue weighted by molar-refractivity contribution is 0.0931. The quantitative estimate of drug-likeness (QED) is 0.194. The number of rotatable bonds is 6. The fourth-order valence-electron chi connectivity index (χ4n) is 5.74. The van der Waals surface area contributed by atoms with Gasteiger partial charge in [-0.2, -0.15) is 9.61 Å². The highest BCUT2D eigenvalue weighted by atomic mass is 79.9. The van der Waals surface area contributed by atoms with Crippen molar-refractivity contribution in [3.05, 3.63) is 136 Å². The Kier molecular flexibility index (Phi) is 8.54. The maximum atomic E-state index is 14.5. The lowest BCUT2D eigenvalue weighted by atomic mass is 10.0. The van der Waals surface area contributed by atoms with Crippen LogP contribution in [0.25, 0.3) is 16.8 Å². The number of aromatic nitrogens is 4. The Morgan fingerprint density at radius 2 is 1.57 bits per heavy atom. The Morgan fingerprint density at radius 3 is 2.23 bits per heavy atom. The molecule has 236 valence electrons. The number of nitrogens with one attached hydrogen (secondary N) is 2. The number of benzene rings is 3. The van der Waals surface area contributed by atoms with E-state index >= 15 is 0 Å². The molecule has 3 aromatic carbocycles. The molecule has 1 atom stereocenters. The minimum atomic E-state index is -0.481. The smallest absolute Gasteiger partial charge is 0.258 e. The van der Waals surface area contributed by atoms with Gasteiger partial charge in [-0.25, -0.2) is 14.4 Å². The molecule has 6 aromatic rings. The van der Waals surface area contributed by atoms with Gasteiger partial charge in [-0.15, -0.1) is 0 Å². The molecule has 2 N–H and O–H groups in total. The van der Waals surface area contributed by atoms with E-state index in [1.54, 1.807) is 4.52 Å². The topological polar surface area (TPSA) is 96.7 Å². The number of nitrogens with zero attached hydrogens (tertiary/aromatic N) is 5. The fraction of sp³-hybridized carbons (Fsp3) is 0.167. The molecule has 4 heterocycles. The van der Waals surface area contributed by atoms with E-state index in [4.69, 9.17) is 14.8 Å². The largest absolute Gasteiger partial charge is 0.473 e. The minimum Gasteiger partial charge on any atom is -0.473 e. The molecule has 3 aromatic heterocycles. The van der Waals surface area contributed by atoms with Crippen molar-refractivity contribution in [1.82, 2.24) is 24.9 Å². The van der Waals surface area contributed by atoms with Crippen molar-refractivity contribution in [3.63, 3.8) is 0 Å². The number of fused-ring (bicyclic) bond motifs is 2. The van der Waals surface area contributed by atoms with Crippen molar-refractivity contribution in [2.24, 2.45) is 0 Å². The van der Waals surface area contributed by atoms with Crippen LogP contribution in [0.5, 0.6) is 5.88 Å². The van der Waals surface area contributed by atoms with Crippen LogP contribution in [0.15, 0.2) is 108 Å². The standard InChI is InChI=1S/C36H31BrFN7O2/c1-23-18-40-34(46)30-31(37)43-45-33(30)42-32(39-19-27-17-28(38)20-41-35(27)47-23)29(26-15-9-4-10-16-26)36(45)44(21-24-11-5-2-6-12-24)22-25-13-7-3-8-14-25/h2-17,20,23H,18-19,21-22H2,1H3,(H,39,42)(H,40,46). The van der Waals surface area contributed by atoms with Crippen LogP contribution in [-0.2, 0) is 19.6 Å². The third-order valence-corrected chi connectivity index (χ3v) is 8.47. The van der Waals surface area contributed by atoms with Crippen molar-refractivity contribution >= 4 is 39.1 Å². The molecule has 0 spiro atoms. The normalized spacial score (nSPS) is 14.6. The highest BCUT2D eigenvalue weighted by molar-refractivity contribution is 9.10. The molecule has 0 radical (unpaired) electrons. The molecule has 1 amide bonds. The second-order valence-electron chi connectivity index (χ2n) is 11.4. The van der Waals surface area contributed by atoms with Gasteiger partial charge in [-0.1, -0.05) is 91.0 Å². The van der Waals surface area contributed by atoms with E-state index in [1.165, 1.54) is 6.07 Å². The molecule has 0 aliphatic carbocycles. The summed E-state index contributed by atoms with van der Waals surface area (Å²) < 4.78 is 22.7. The minimum absolute atomic E-state index is 0.165. The van der Waals surface area contributed by atoms with Gasteiger partial charge >= 0.3 is 0 Å². The molecule has 0 fully saturated rings. The van der Waals surface area contributed by atoms with Crippen molar-refractivity contribution in [2.45, 2.75) is 32.7 Å². The number of hydrogen-bond acceptors (Lipinski definition) is 7. The van der Waals surface area contributed by atoms with E-state index < -0.39 is 11.9 Å². The van der Waals surface area contributed by atoms with Crippen molar-refractivity contribution in [1.29, 1.82) is 0 Å². The molecule has 11 heteroatoms. The van der Waals surface area contributed by atoms with Crippen LogP contribution in [0.4, 0.5) is 16.0 Å². The second-order valence-corrected chi connectivity index (χ2v) is 12.1. The Morgan fingerprint density at radius 1 is 0.936 bits per heavy atom. The van der Waals surface area contributed by atoms with E-state index in [0.717, 1.165) is 34.3 Å². The summed E-state index contributed by atoms with van der Waals surface area (Å²) in [5, 5.41) is 11.3. The zero-order chi connectivity index (χ0) is 32.3. The van der Waals surface area contributed by atoms with E-state index in [9.17, 15) is 9.18 Å². The van der Waals surface area contributed by atoms with Gasteiger partial charge in [0, 0.05) is 25.2 Å². The molecule has 9 nitrogen and oxygen atoms in total. The van der Waals surface area contributed by atoms with E-state index in [-0.39, 0.29) is 24.9 Å². The summed E-state index contributed by atoms with van der Waals surface area (Å²) in [5.41, 5.74) is 5.02. The van der Waals surface area contributed by atoms with E-state index in [0.29, 0.717) is 40.3 Å². The summed E-state index contributed by atoms with van der Waals surface area (Å²) in [6.07, 6.45) is 0.681. The first-order valence-corrected chi connectivity index (χ1v) is 16.1.